The number of nitrogens with one attached hydrogen (secondary N) is 1. The summed E-state index contributed by atoms with van der Waals surface area (Å²) in [6.45, 7) is 0.117. The second-order valence-corrected chi connectivity index (χ2v) is 6.80. The van der Waals surface area contributed by atoms with Crippen LogP contribution in [0.4, 0.5) is 10.1 Å². The normalized spacial score (nSPS) is 10.8. The van der Waals surface area contributed by atoms with Gasteiger partial charge in [-0.3, -0.25) is 4.79 Å². The number of carbonyl (C=O) groups is 2. The number of amides is 1. The molecular formula is C25H19FN2O5. The average Bonchev–Trinajstić information content (AvgIpc) is 2.82. The maximum absolute atomic E-state index is 13.1. The van der Waals surface area contributed by atoms with Gasteiger partial charge in [-0.15, -0.1) is 0 Å². The lowest BCUT2D eigenvalue weighted by atomic mass is 10.1. The van der Waals surface area contributed by atoms with Crippen molar-refractivity contribution < 1.29 is 28.6 Å². The zero-order valence-corrected chi connectivity index (χ0v) is 17.5. The molecule has 0 fully saturated rings. The molecule has 1 amide bonds. The largest absolute Gasteiger partial charge is 0.493 e. The number of halogens is 1. The molecule has 0 atom stereocenters. The summed E-state index contributed by atoms with van der Waals surface area (Å²) in [6, 6.07) is 18.3. The predicted octanol–water partition coefficient (Wildman–Crippen LogP) is 4.66. The highest BCUT2D eigenvalue weighted by molar-refractivity contribution is 6.10. The smallest absolute Gasteiger partial charge is 0.335 e. The minimum atomic E-state index is -1.09. The third kappa shape index (κ3) is 5.95. The second-order valence-electron chi connectivity index (χ2n) is 6.80. The first kappa shape index (κ1) is 23.0. The number of anilines is 1. The molecule has 0 unspecified atom stereocenters. The van der Waals surface area contributed by atoms with Gasteiger partial charge in [-0.25, -0.2) is 9.18 Å². The molecule has 2 N–H and O–H groups in total. The number of nitrogens with zero attached hydrogens (tertiary/aromatic N) is 1. The van der Waals surface area contributed by atoms with Crippen molar-refractivity contribution in [2.45, 2.75) is 6.61 Å². The Labute approximate surface area is 189 Å². The Morgan fingerprint density at radius 1 is 1.09 bits per heavy atom. The van der Waals surface area contributed by atoms with Gasteiger partial charge in [-0.05, 0) is 54.1 Å². The second kappa shape index (κ2) is 10.6. The number of carboxylic acids is 1. The predicted molar refractivity (Wildman–Crippen MR) is 119 cm³/mol. The molecule has 0 aliphatic rings. The summed E-state index contributed by atoms with van der Waals surface area (Å²) in [5, 5.41) is 21.1. The first-order valence-corrected chi connectivity index (χ1v) is 9.72. The van der Waals surface area contributed by atoms with E-state index >= 15 is 0 Å². The van der Waals surface area contributed by atoms with Crippen molar-refractivity contribution in [3.63, 3.8) is 0 Å². The standard InChI is InChI=1S/C25H19FN2O5/c1-32-22-4-2-3-18(23(22)33-15-16-5-9-20(26)10-6-16)13-19(14-27)24(29)28-21-11-7-17(8-12-21)25(30)31/h2-13H,15H2,1H3,(H,28,29)(H,30,31). The lowest BCUT2D eigenvalue weighted by molar-refractivity contribution is -0.112. The molecule has 33 heavy (non-hydrogen) atoms. The number of hydrogen-bond donors (Lipinski definition) is 2. The number of carboxylic acid groups (broad SMARTS) is 1. The van der Waals surface area contributed by atoms with E-state index in [4.69, 9.17) is 14.6 Å². The SMILES string of the molecule is COc1cccc(C=C(C#N)C(=O)Nc2ccc(C(=O)O)cc2)c1OCc1ccc(F)cc1. The molecule has 3 aromatic rings. The van der Waals surface area contributed by atoms with Crippen molar-refractivity contribution in [1.29, 1.82) is 5.26 Å². The van der Waals surface area contributed by atoms with Gasteiger partial charge in [0.05, 0.1) is 12.7 Å². The molecule has 0 saturated heterocycles. The molecule has 3 rings (SSSR count). The fourth-order valence-corrected chi connectivity index (χ4v) is 2.90. The average molecular weight is 446 g/mol. The Morgan fingerprint density at radius 3 is 2.39 bits per heavy atom. The minimum Gasteiger partial charge on any atom is -0.493 e. The first-order valence-electron chi connectivity index (χ1n) is 9.72. The highest BCUT2D eigenvalue weighted by atomic mass is 19.1. The van der Waals surface area contributed by atoms with E-state index in [0.29, 0.717) is 22.7 Å². The molecule has 0 spiro atoms. The van der Waals surface area contributed by atoms with E-state index < -0.39 is 11.9 Å². The van der Waals surface area contributed by atoms with Crippen molar-refractivity contribution in [3.8, 4) is 17.6 Å². The molecule has 0 heterocycles. The summed E-state index contributed by atoms with van der Waals surface area (Å²) in [5.41, 5.74) is 1.37. The molecule has 7 nitrogen and oxygen atoms in total. The van der Waals surface area contributed by atoms with Crippen molar-refractivity contribution in [2.24, 2.45) is 0 Å². The Kier molecular flexibility index (Phi) is 7.39. The molecule has 0 aromatic heterocycles. The van der Waals surface area contributed by atoms with E-state index in [2.05, 4.69) is 5.32 Å². The summed E-state index contributed by atoms with van der Waals surface area (Å²) in [6.07, 6.45) is 1.36. The summed E-state index contributed by atoms with van der Waals surface area (Å²) >= 11 is 0. The van der Waals surface area contributed by atoms with Crippen LogP contribution in [0.5, 0.6) is 11.5 Å². The van der Waals surface area contributed by atoms with Gasteiger partial charge < -0.3 is 19.9 Å². The van der Waals surface area contributed by atoms with Gasteiger partial charge in [0, 0.05) is 11.3 Å². The van der Waals surface area contributed by atoms with Crippen molar-refractivity contribution in [1.82, 2.24) is 0 Å². The van der Waals surface area contributed by atoms with E-state index in [1.807, 2.05) is 6.07 Å². The zero-order chi connectivity index (χ0) is 23.8. The Bertz CT molecular complexity index is 1230. The van der Waals surface area contributed by atoms with Gasteiger partial charge in [-0.2, -0.15) is 5.26 Å². The van der Waals surface area contributed by atoms with E-state index in [1.54, 1.807) is 30.3 Å². The van der Waals surface area contributed by atoms with Crippen LogP contribution in [0.2, 0.25) is 0 Å². The topological polar surface area (TPSA) is 109 Å². The van der Waals surface area contributed by atoms with Gasteiger partial charge in [0.15, 0.2) is 11.5 Å². The minimum absolute atomic E-state index is 0.0726. The van der Waals surface area contributed by atoms with E-state index in [9.17, 15) is 19.2 Å². The summed E-state index contributed by atoms with van der Waals surface area (Å²) in [4.78, 5) is 23.6. The number of hydrogen-bond acceptors (Lipinski definition) is 5. The molecule has 0 saturated carbocycles. The number of nitriles is 1. The highest BCUT2D eigenvalue weighted by Gasteiger charge is 2.15. The first-order chi connectivity index (χ1) is 15.9. The van der Waals surface area contributed by atoms with E-state index in [1.165, 1.54) is 49.6 Å². The number of ether oxygens (including phenoxy) is 2. The van der Waals surface area contributed by atoms with Crippen molar-refractivity contribution >= 4 is 23.6 Å². The maximum Gasteiger partial charge on any atom is 0.335 e. The summed E-state index contributed by atoms with van der Waals surface area (Å²) in [7, 11) is 1.46. The van der Waals surface area contributed by atoms with Crippen LogP contribution in [0.15, 0.2) is 72.3 Å². The van der Waals surface area contributed by atoms with Gasteiger partial charge in [-0.1, -0.05) is 24.3 Å². The highest BCUT2D eigenvalue weighted by Crippen LogP contribution is 2.33. The fraction of sp³-hybridized carbons (Fsp3) is 0.0800. The Hall–Kier alpha value is -4.64. The monoisotopic (exact) mass is 446 g/mol. The van der Waals surface area contributed by atoms with Gasteiger partial charge in [0.1, 0.15) is 24.1 Å². The Morgan fingerprint density at radius 2 is 1.79 bits per heavy atom. The van der Waals surface area contributed by atoms with Crippen LogP contribution in [0, 0.1) is 17.1 Å². The molecule has 0 radical (unpaired) electrons. The number of methoxy groups -OCH3 is 1. The third-order valence-electron chi connectivity index (χ3n) is 4.58. The van der Waals surface area contributed by atoms with Crippen LogP contribution in [-0.4, -0.2) is 24.1 Å². The number of carbonyl (C=O) groups excluding carboxylic acids is 1. The molecular weight excluding hydrogens is 427 g/mol. The van der Waals surface area contributed by atoms with Crippen LogP contribution < -0.4 is 14.8 Å². The van der Waals surface area contributed by atoms with Crippen molar-refractivity contribution in [2.75, 3.05) is 12.4 Å². The molecule has 0 aliphatic heterocycles. The van der Waals surface area contributed by atoms with Crippen LogP contribution in [0.25, 0.3) is 6.08 Å². The number of benzene rings is 3. The van der Waals surface area contributed by atoms with Gasteiger partial charge in [0.2, 0.25) is 0 Å². The van der Waals surface area contributed by atoms with Crippen molar-refractivity contribution in [3.05, 3.63) is 94.8 Å². The number of aromatic carboxylic acids is 1. The quantitative estimate of drug-likeness (QED) is 0.385. The van der Waals surface area contributed by atoms with Crippen LogP contribution in [-0.2, 0) is 11.4 Å². The molecule has 8 heteroatoms. The lowest BCUT2D eigenvalue weighted by Gasteiger charge is -2.14. The molecule has 0 bridgehead atoms. The van der Waals surface area contributed by atoms with Crippen LogP contribution >= 0.6 is 0 Å². The zero-order valence-electron chi connectivity index (χ0n) is 17.5. The molecule has 166 valence electrons. The van der Waals surface area contributed by atoms with E-state index in [0.717, 1.165) is 5.56 Å². The van der Waals surface area contributed by atoms with Crippen LogP contribution in [0.1, 0.15) is 21.5 Å². The van der Waals surface area contributed by atoms with E-state index in [-0.39, 0.29) is 23.6 Å². The van der Waals surface area contributed by atoms with Crippen LogP contribution in [0.3, 0.4) is 0 Å². The molecule has 0 aliphatic carbocycles. The Balaban J connectivity index is 1.84. The number of para-hydroxylation sites is 1. The van der Waals surface area contributed by atoms with Gasteiger partial charge >= 0.3 is 5.97 Å². The maximum atomic E-state index is 13.1. The summed E-state index contributed by atoms with van der Waals surface area (Å²) in [5.74, 6) is -1.41. The fourth-order valence-electron chi connectivity index (χ4n) is 2.90. The van der Waals surface area contributed by atoms with Gasteiger partial charge in [0.25, 0.3) is 5.91 Å². The lowest BCUT2D eigenvalue weighted by Crippen LogP contribution is -2.13. The summed E-state index contributed by atoms with van der Waals surface area (Å²) < 4.78 is 24.4. The third-order valence-corrected chi connectivity index (χ3v) is 4.58. The molecule has 3 aromatic carbocycles. The number of rotatable bonds is 8.